The van der Waals surface area contributed by atoms with Crippen molar-refractivity contribution in [3.8, 4) is 0 Å². The summed E-state index contributed by atoms with van der Waals surface area (Å²) in [4.78, 5) is 3.41. The van der Waals surface area contributed by atoms with E-state index < -0.39 is 20.7 Å². The highest BCUT2D eigenvalue weighted by atomic mass is 32.2. The molecule has 0 spiro atoms. The van der Waals surface area contributed by atoms with Gasteiger partial charge in [0.1, 0.15) is 22.9 Å². The number of hydrogen-bond acceptors (Lipinski definition) is 5. The largest absolute Gasteiger partial charge is 0.399 e. The molecule has 1 heterocycles. The van der Waals surface area contributed by atoms with Gasteiger partial charge in [0.15, 0.2) is 0 Å². The summed E-state index contributed by atoms with van der Waals surface area (Å²) in [7, 11) is -3.90. The van der Waals surface area contributed by atoms with Crippen molar-refractivity contribution in [1.82, 2.24) is 19.9 Å². The van der Waals surface area contributed by atoms with E-state index in [1.54, 1.807) is 0 Å². The van der Waals surface area contributed by atoms with Crippen LogP contribution in [0.15, 0.2) is 29.4 Å². The number of nitrogens with zero attached hydrogens (tertiary/aromatic N) is 2. The maximum Gasteiger partial charge on any atom is 0.243 e. The lowest BCUT2D eigenvalue weighted by Crippen LogP contribution is -2.27. The Kier molecular flexibility index (Phi) is 3.76. The predicted octanol–water partition coefficient (Wildman–Crippen LogP) is 0.0470. The first-order chi connectivity index (χ1) is 8.99. The van der Waals surface area contributed by atoms with Gasteiger partial charge in [0, 0.05) is 18.7 Å². The third-order valence-corrected chi connectivity index (χ3v) is 3.86. The van der Waals surface area contributed by atoms with Gasteiger partial charge in [-0.2, -0.15) is 5.10 Å². The smallest absolute Gasteiger partial charge is 0.243 e. The summed E-state index contributed by atoms with van der Waals surface area (Å²) >= 11 is 0. The van der Waals surface area contributed by atoms with Gasteiger partial charge in [-0.1, -0.05) is 0 Å². The van der Waals surface area contributed by atoms with Crippen molar-refractivity contribution in [2.45, 2.75) is 11.3 Å². The van der Waals surface area contributed by atoms with Crippen molar-refractivity contribution >= 4 is 15.7 Å². The number of aromatic amines is 1. The number of H-pyrrole nitrogens is 1. The van der Waals surface area contributed by atoms with Gasteiger partial charge in [-0.25, -0.2) is 22.5 Å². The van der Waals surface area contributed by atoms with Gasteiger partial charge in [-0.3, -0.25) is 5.10 Å². The number of nitrogens with one attached hydrogen (secondary N) is 2. The monoisotopic (exact) mass is 285 g/mol. The van der Waals surface area contributed by atoms with Crippen LogP contribution < -0.4 is 10.5 Å². The molecule has 2 rings (SSSR count). The average molecular weight is 285 g/mol. The predicted molar refractivity (Wildman–Crippen MR) is 66.1 cm³/mol. The molecule has 0 saturated heterocycles. The van der Waals surface area contributed by atoms with Crippen LogP contribution in [0.1, 0.15) is 5.82 Å². The van der Waals surface area contributed by atoms with Gasteiger partial charge in [0.25, 0.3) is 0 Å². The fourth-order valence-corrected chi connectivity index (χ4v) is 2.56. The number of hydrogen-bond donors (Lipinski definition) is 3. The first-order valence-electron chi connectivity index (χ1n) is 5.38. The van der Waals surface area contributed by atoms with Crippen LogP contribution in [0.5, 0.6) is 0 Å². The first-order valence-corrected chi connectivity index (χ1v) is 6.86. The minimum atomic E-state index is -3.90. The Labute approximate surface area is 109 Å². The third kappa shape index (κ3) is 3.26. The number of benzene rings is 1. The van der Waals surface area contributed by atoms with Crippen LogP contribution in [0.3, 0.4) is 0 Å². The molecular formula is C10H12FN5O2S. The Morgan fingerprint density at radius 3 is 2.84 bits per heavy atom. The van der Waals surface area contributed by atoms with E-state index in [4.69, 9.17) is 5.73 Å². The molecule has 0 aliphatic rings. The Morgan fingerprint density at radius 1 is 1.42 bits per heavy atom. The molecule has 0 amide bonds. The topological polar surface area (TPSA) is 114 Å². The van der Waals surface area contributed by atoms with Crippen molar-refractivity contribution in [1.29, 1.82) is 0 Å². The molecule has 9 heteroatoms. The molecule has 2 aromatic rings. The molecule has 0 unspecified atom stereocenters. The second-order valence-corrected chi connectivity index (χ2v) is 5.51. The maximum absolute atomic E-state index is 13.5. The van der Waals surface area contributed by atoms with Crippen molar-refractivity contribution in [3.63, 3.8) is 0 Å². The summed E-state index contributed by atoms with van der Waals surface area (Å²) in [6.45, 7) is 0.0847. The summed E-state index contributed by atoms with van der Waals surface area (Å²) < 4.78 is 39.5. The lowest BCUT2D eigenvalue weighted by Gasteiger charge is -2.07. The zero-order valence-corrected chi connectivity index (χ0v) is 10.6. The zero-order chi connectivity index (χ0) is 13.9. The van der Waals surface area contributed by atoms with E-state index in [2.05, 4.69) is 19.9 Å². The number of halogens is 1. The van der Waals surface area contributed by atoms with Crippen LogP contribution in [0, 0.1) is 5.82 Å². The summed E-state index contributed by atoms with van der Waals surface area (Å²) in [5.74, 6) is -0.340. The highest BCUT2D eigenvalue weighted by Gasteiger charge is 2.18. The average Bonchev–Trinajstić information content (AvgIpc) is 2.81. The molecule has 0 bridgehead atoms. The lowest BCUT2D eigenvalue weighted by atomic mass is 10.3. The minimum Gasteiger partial charge on any atom is -0.399 e. The number of anilines is 1. The molecule has 1 aromatic carbocycles. The zero-order valence-electron chi connectivity index (χ0n) is 9.80. The van der Waals surface area contributed by atoms with Gasteiger partial charge >= 0.3 is 0 Å². The number of nitrogens with two attached hydrogens (primary N) is 1. The standard InChI is InChI=1S/C10H12FN5O2S/c11-8-5-7(12)1-2-9(8)19(17,18)15-4-3-10-13-6-14-16-10/h1-2,5-6,15H,3-4,12H2,(H,13,14,16). The van der Waals surface area contributed by atoms with E-state index in [9.17, 15) is 12.8 Å². The molecule has 4 N–H and O–H groups in total. The third-order valence-electron chi connectivity index (χ3n) is 2.36. The summed E-state index contributed by atoms with van der Waals surface area (Å²) in [6, 6.07) is 3.42. The molecule has 19 heavy (non-hydrogen) atoms. The number of nitrogen functional groups attached to an aromatic ring is 1. The fraction of sp³-hybridized carbons (Fsp3) is 0.200. The van der Waals surface area contributed by atoms with Gasteiger partial charge in [0.2, 0.25) is 10.0 Å². The van der Waals surface area contributed by atoms with Crippen molar-refractivity contribution in [2.24, 2.45) is 0 Å². The van der Waals surface area contributed by atoms with Gasteiger partial charge in [-0.15, -0.1) is 0 Å². The summed E-state index contributed by atoms with van der Waals surface area (Å²) in [5, 5.41) is 6.23. The molecule has 0 saturated carbocycles. The minimum absolute atomic E-state index is 0.0847. The van der Waals surface area contributed by atoms with Gasteiger partial charge < -0.3 is 5.73 Å². The van der Waals surface area contributed by atoms with E-state index in [-0.39, 0.29) is 12.2 Å². The van der Waals surface area contributed by atoms with Crippen LogP contribution in [0.2, 0.25) is 0 Å². The Balaban J connectivity index is 2.05. The second-order valence-electron chi connectivity index (χ2n) is 3.77. The lowest BCUT2D eigenvalue weighted by molar-refractivity contribution is 0.557. The SMILES string of the molecule is Nc1ccc(S(=O)(=O)NCCc2ncn[nH]2)c(F)c1. The first kappa shape index (κ1) is 13.4. The molecule has 0 fully saturated rings. The molecule has 1 aromatic heterocycles. The van der Waals surface area contributed by atoms with E-state index in [1.165, 1.54) is 12.4 Å². The molecule has 0 radical (unpaired) electrons. The number of rotatable bonds is 5. The fourth-order valence-electron chi connectivity index (χ4n) is 1.47. The van der Waals surface area contributed by atoms with Crippen LogP contribution >= 0.6 is 0 Å². The number of sulfonamides is 1. The van der Waals surface area contributed by atoms with Crippen LogP contribution in [-0.4, -0.2) is 30.1 Å². The summed E-state index contributed by atoms with van der Waals surface area (Å²) in [6.07, 6.45) is 1.65. The molecule has 102 valence electrons. The van der Waals surface area contributed by atoms with Crippen molar-refractivity contribution in [2.75, 3.05) is 12.3 Å². The normalized spacial score (nSPS) is 11.6. The Morgan fingerprint density at radius 2 is 2.21 bits per heavy atom. The second kappa shape index (κ2) is 5.33. The van der Waals surface area contributed by atoms with Crippen LogP contribution in [0.25, 0.3) is 0 Å². The van der Waals surface area contributed by atoms with Gasteiger partial charge in [-0.05, 0) is 18.2 Å². The van der Waals surface area contributed by atoms with E-state index >= 15 is 0 Å². The highest BCUT2D eigenvalue weighted by Crippen LogP contribution is 2.16. The molecule has 0 atom stereocenters. The highest BCUT2D eigenvalue weighted by molar-refractivity contribution is 7.89. The van der Waals surface area contributed by atoms with Crippen molar-refractivity contribution in [3.05, 3.63) is 36.2 Å². The summed E-state index contributed by atoms with van der Waals surface area (Å²) in [5.41, 5.74) is 5.53. The maximum atomic E-state index is 13.5. The molecule has 0 aliphatic heterocycles. The van der Waals surface area contributed by atoms with E-state index in [1.807, 2.05) is 0 Å². The quantitative estimate of drug-likeness (QED) is 0.671. The molecule has 0 aliphatic carbocycles. The Bertz CT molecular complexity index is 657. The van der Waals surface area contributed by atoms with E-state index in [0.717, 1.165) is 12.1 Å². The van der Waals surface area contributed by atoms with E-state index in [0.29, 0.717) is 12.2 Å². The molecule has 7 nitrogen and oxygen atoms in total. The van der Waals surface area contributed by atoms with Crippen molar-refractivity contribution < 1.29 is 12.8 Å². The molecular weight excluding hydrogens is 273 g/mol. The van der Waals surface area contributed by atoms with Gasteiger partial charge in [0.05, 0.1) is 0 Å². The van der Waals surface area contributed by atoms with Crippen LogP contribution in [-0.2, 0) is 16.4 Å². The van der Waals surface area contributed by atoms with Crippen LogP contribution in [0.4, 0.5) is 10.1 Å². The Hall–Kier alpha value is -2.00. The number of aromatic nitrogens is 3.